The molecule has 0 aliphatic carbocycles. The van der Waals surface area contributed by atoms with E-state index in [0.717, 1.165) is 0 Å². The van der Waals surface area contributed by atoms with Crippen molar-refractivity contribution in [3.8, 4) is 0 Å². The molecule has 0 aliphatic rings. The second-order valence-electron chi connectivity index (χ2n) is 3.17. The van der Waals surface area contributed by atoms with Crippen molar-refractivity contribution >= 4 is 0 Å². The molecule has 2 aromatic rings. The molecule has 2 aromatic heterocycles. The first-order valence-corrected chi connectivity index (χ1v) is 4.13. The molecule has 2 heterocycles. The summed E-state index contributed by atoms with van der Waals surface area (Å²) in [5.41, 5.74) is 1.23. The van der Waals surface area contributed by atoms with E-state index in [1.807, 2.05) is 39.9 Å². The highest BCUT2D eigenvalue weighted by Crippen LogP contribution is 2.06. The fourth-order valence-corrected chi connectivity index (χ4v) is 1.29. The summed E-state index contributed by atoms with van der Waals surface area (Å²) in [5, 5.41) is 4.22. The summed E-state index contributed by atoms with van der Waals surface area (Å²) in [5.74, 6) is 0.509. The van der Waals surface area contributed by atoms with E-state index in [-0.39, 0.29) is 0 Å². The zero-order chi connectivity index (χ0) is 8.55. The highest BCUT2D eigenvalue weighted by Gasteiger charge is 2.13. The molecule has 0 atom stereocenters. The van der Waals surface area contributed by atoms with Crippen LogP contribution in [-0.2, 0) is 0 Å². The van der Waals surface area contributed by atoms with E-state index in [0.29, 0.717) is 5.92 Å². The third-order valence-corrected chi connectivity index (χ3v) is 1.94. The van der Waals surface area contributed by atoms with Crippen LogP contribution in [0.15, 0.2) is 30.7 Å². The van der Waals surface area contributed by atoms with Gasteiger partial charge in [0.1, 0.15) is 6.20 Å². The molecule has 3 nitrogen and oxygen atoms in total. The lowest BCUT2D eigenvalue weighted by Crippen LogP contribution is -2.31. The molecule has 0 bridgehead atoms. The summed E-state index contributed by atoms with van der Waals surface area (Å²) in [6.07, 6.45) is 5.86. The Balaban J connectivity index is 2.70. The zero-order valence-electron chi connectivity index (χ0n) is 7.31. The molecule has 3 heteroatoms. The van der Waals surface area contributed by atoms with Crippen LogP contribution in [0.4, 0.5) is 0 Å². The lowest BCUT2D eigenvalue weighted by molar-refractivity contribution is -0.631. The Morgan fingerprint density at radius 3 is 3.00 bits per heavy atom. The monoisotopic (exact) mass is 162 g/mol. The van der Waals surface area contributed by atoms with Crippen molar-refractivity contribution in [2.24, 2.45) is 0 Å². The first-order chi connectivity index (χ1) is 5.79. The maximum Gasteiger partial charge on any atom is 0.210 e. The number of hydrogen-bond donors (Lipinski definition) is 0. The number of aromatic nitrogens is 3. The predicted molar refractivity (Wildman–Crippen MR) is 44.9 cm³/mol. The van der Waals surface area contributed by atoms with E-state index in [2.05, 4.69) is 18.9 Å². The van der Waals surface area contributed by atoms with E-state index in [9.17, 15) is 0 Å². The topological polar surface area (TPSA) is 21.4 Å². The van der Waals surface area contributed by atoms with Gasteiger partial charge in [0, 0.05) is 11.0 Å². The van der Waals surface area contributed by atoms with Crippen molar-refractivity contribution in [2.45, 2.75) is 19.8 Å². The predicted octanol–water partition coefficient (Wildman–Crippen LogP) is 1.04. The van der Waals surface area contributed by atoms with Crippen molar-refractivity contribution in [1.82, 2.24) is 9.73 Å². The maximum absolute atomic E-state index is 4.22. The van der Waals surface area contributed by atoms with Crippen LogP contribution in [0.2, 0.25) is 0 Å². The Labute approximate surface area is 71.2 Å². The van der Waals surface area contributed by atoms with Crippen LogP contribution in [-0.4, -0.2) is 9.73 Å². The summed E-state index contributed by atoms with van der Waals surface area (Å²) >= 11 is 0. The van der Waals surface area contributed by atoms with E-state index in [1.165, 1.54) is 5.69 Å². The Hall–Kier alpha value is -1.38. The van der Waals surface area contributed by atoms with Crippen LogP contribution < -0.4 is 4.52 Å². The van der Waals surface area contributed by atoms with E-state index >= 15 is 0 Å². The third-order valence-electron chi connectivity index (χ3n) is 1.94. The number of hydrogen-bond acceptors (Lipinski definition) is 1. The largest absolute Gasteiger partial charge is 0.210 e. The van der Waals surface area contributed by atoms with Gasteiger partial charge in [-0.3, -0.25) is 0 Å². The normalized spacial score (nSPS) is 11.2. The van der Waals surface area contributed by atoms with Crippen LogP contribution in [0, 0.1) is 0 Å². The Bertz CT molecular complexity index is 389. The minimum Gasteiger partial charge on any atom is -0.125 e. The summed E-state index contributed by atoms with van der Waals surface area (Å²) in [7, 11) is 0. The molecule has 0 spiro atoms. The minimum atomic E-state index is 0.509. The molecule has 12 heavy (non-hydrogen) atoms. The number of fused-ring (bicyclic) bond motifs is 1. The summed E-state index contributed by atoms with van der Waals surface area (Å²) in [6.45, 7) is 4.33. The van der Waals surface area contributed by atoms with Gasteiger partial charge < -0.3 is 0 Å². The molecular weight excluding hydrogens is 150 g/mol. The average Bonchev–Trinajstić information content (AvgIpc) is 2.47. The van der Waals surface area contributed by atoms with Gasteiger partial charge in [-0.25, -0.2) is 0 Å². The van der Waals surface area contributed by atoms with E-state index in [4.69, 9.17) is 0 Å². The molecule has 2 rings (SSSR count). The zero-order valence-corrected chi connectivity index (χ0v) is 7.31. The van der Waals surface area contributed by atoms with Crippen molar-refractivity contribution in [3.05, 3.63) is 36.4 Å². The van der Waals surface area contributed by atoms with Gasteiger partial charge >= 0.3 is 0 Å². The van der Waals surface area contributed by atoms with Crippen LogP contribution >= 0.6 is 0 Å². The lowest BCUT2D eigenvalue weighted by atomic mass is 10.1. The number of rotatable bonds is 1. The SMILES string of the molecule is CC(C)c1cnn2cccc[n+]12. The van der Waals surface area contributed by atoms with Gasteiger partial charge in [0.05, 0.1) is 6.20 Å². The quantitative estimate of drug-likeness (QED) is 0.574. The smallest absolute Gasteiger partial charge is 0.125 e. The highest BCUT2D eigenvalue weighted by atomic mass is 15.5. The van der Waals surface area contributed by atoms with Gasteiger partial charge in [-0.15, -0.1) is 4.52 Å². The summed E-state index contributed by atoms with van der Waals surface area (Å²) in [4.78, 5) is 0. The average molecular weight is 162 g/mol. The van der Waals surface area contributed by atoms with Crippen LogP contribution in [0.25, 0.3) is 0 Å². The van der Waals surface area contributed by atoms with Gasteiger partial charge in [-0.05, 0) is 16.8 Å². The van der Waals surface area contributed by atoms with Gasteiger partial charge in [-0.2, -0.15) is 0 Å². The Morgan fingerprint density at radius 2 is 2.25 bits per heavy atom. The highest BCUT2D eigenvalue weighted by molar-refractivity contribution is 4.93. The fraction of sp³-hybridized carbons (Fsp3) is 0.333. The summed E-state index contributed by atoms with van der Waals surface area (Å²) < 4.78 is 3.88. The van der Waals surface area contributed by atoms with Crippen LogP contribution in [0.5, 0.6) is 0 Å². The molecule has 0 saturated carbocycles. The van der Waals surface area contributed by atoms with Crippen molar-refractivity contribution in [2.75, 3.05) is 0 Å². The molecule has 0 unspecified atom stereocenters. The second kappa shape index (κ2) is 2.59. The standard InChI is InChI=1S/C9H12N3/c1-8(2)9-7-10-12-6-4-3-5-11(9)12/h3-8H,1-2H3/q+1. The molecule has 0 aliphatic heterocycles. The molecule has 0 amide bonds. The lowest BCUT2D eigenvalue weighted by Gasteiger charge is -1.95. The first kappa shape index (κ1) is 7.28. The molecule has 0 radical (unpaired) electrons. The number of nitrogens with zero attached hydrogens (tertiary/aromatic N) is 3. The van der Waals surface area contributed by atoms with E-state index in [1.54, 1.807) is 0 Å². The Kier molecular flexibility index (Phi) is 1.57. The molecular formula is C9H12N3+. The van der Waals surface area contributed by atoms with Crippen molar-refractivity contribution < 1.29 is 4.52 Å². The maximum atomic E-state index is 4.22. The Morgan fingerprint density at radius 1 is 1.42 bits per heavy atom. The van der Waals surface area contributed by atoms with E-state index < -0.39 is 0 Å². The van der Waals surface area contributed by atoms with Crippen molar-refractivity contribution in [3.63, 3.8) is 0 Å². The van der Waals surface area contributed by atoms with Gasteiger partial charge in [0.2, 0.25) is 6.20 Å². The minimum absolute atomic E-state index is 0.509. The molecule has 0 N–H and O–H groups in total. The third kappa shape index (κ3) is 0.978. The van der Waals surface area contributed by atoms with Gasteiger partial charge in [0.25, 0.3) is 0 Å². The second-order valence-corrected chi connectivity index (χ2v) is 3.17. The van der Waals surface area contributed by atoms with Gasteiger partial charge in [-0.1, -0.05) is 13.8 Å². The van der Waals surface area contributed by atoms with Crippen LogP contribution in [0.1, 0.15) is 25.5 Å². The molecule has 0 saturated heterocycles. The van der Waals surface area contributed by atoms with Gasteiger partial charge in [0.15, 0.2) is 5.69 Å². The molecule has 0 fully saturated rings. The van der Waals surface area contributed by atoms with Crippen molar-refractivity contribution in [1.29, 1.82) is 0 Å². The fourth-order valence-electron chi connectivity index (χ4n) is 1.29. The first-order valence-electron chi connectivity index (χ1n) is 4.13. The molecule has 62 valence electrons. The summed E-state index contributed by atoms with van der Waals surface area (Å²) in [6, 6.07) is 3.98. The molecule has 0 aromatic carbocycles. The van der Waals surface area contributed by atoms with Crippen LogP contribution in [0.3, 0.4) is 0 Å².